The summed E-state index contributed by atoms with van der Waals surface area (Å²) in [5.74, 6) is 0.0744. The van der Waals surface area contributed by atoms with Crippen molar-refractivity contribution >= 4 is 32.6 Å². The van der Waals surface area contributed by atoms with Crippen molar-refractivity contribution in [3.05, 3.63) is 15.0 Å². The van der Waals surface area contributed by atoms with Crippen molar-refractivity contribution in [2.24, 2.45) is 0 Å². The Morgan fingerprint density at radius 1 is 1.46 bits per heavy atom. The van der Waals surface area contributed by atoms with Gasteiger partial charge in [0.1, 0.15) is 0 Å². The number of nitrogens with zero attached hydrogens (tertiary/aromatic N) is 2. The molecule has 0 amide bonds. The van der Waals surface area contributed by atoms with Gasteiger partial charge in [-0.2, -0.15) is 9.19 Å². The SMILES string of the molecule is CCS(=O)(=O)n1nc(C)c(I)c1C. The summed E-state index contributed by atoms with van der Waals surface area (Å²) < 4.78 is 25.0. The van der Waals surface area contributed by atoms with Crippen LogP contribution >= 0.6 is 22.6 Å². The third kappa shape index (κ3) is 1.88. The fourth-order valence-corrected chi connectivity index (χ4v) is 2.49. The van der Waals surface area contributed by atoms with Crippen LogP contribution in [-0.2, 0) is 10.0 Å². The number of halogens is 1. The second-order valence-corrected chi connectivity index (χ2v) is 5.89. The second-order valence-electron chi connectivity index (χ2n) is 2.73. The lowest BCUT2D eigenvalue weighted by Crippen LogP contribution is -2.17. The molecule has 13 heavy (non-hydrogen) atoms. The Balaban J connectivity index is 3.41. The Bertz CT molecular complexity index is 422. The van der Waals surface area contributed by atoms with Gasteiger partial charge in [-0.3, -0.25) is 0 Å². The normalized spacial score (nSPS) is 12.0. The standard InChI is InChI=1S/C7H11IN2O2S/c1-4-13(11,12)10-6(3)7(8)5(2)9-10/h4H2,1-3H3. The fourth-order valence-electron chi connectivity index (χ4n) is 0.994. The van der Waals surface area contributed by atoms with Gasteiger partial charge in [-0.05, 0) is 43.4 Å². The van der Waals surface area contributed by atoms with Crippen molar-refractivity contribution in [2.75, 3.05) is 5.75 Å². The topological polar surface area (TPSA) is 52.0 Å². The van der Waals surface area contributed by atoms with Crippen molar-refractivity contribution < 1.29 is 8.42 Å². The molecule has 0 atom stereocenters. The van der Waals surface area contributed by atoms with Gasteiger partial charge in [-0.1, -0.05) is 0 Å². The van der Waals surface area contributed by atoms with E-state index in [2.05, 4.69) is 27.7 Å². The molecule has 0 bridgehead atoms. The van der Waals surface area contributed by atoms with Gasteiger partial charge in [0.25, 0.3) is 10.0 Å². The van der Waals surface area contributed by atoms with E-state index in [0.29, 0.717) is 5.69 Å². The highest BCUT2D eigenvalue weighted by molar-refractivity contribution is 14.1. The van der Waals surface area contributed by atoms with Crippen LogP contribution in [0.25, 0.3) is 0 Å². The molecule has 0 aliphatic rings. The molecule has 1 rings (SSSR count). The van der Waals surface area contributed by atoms with E-state index in [1.165, 1.54) is 0 Å². The van der Waals surface area contributed by atoms with Gasteiger partial charge < -0.3 is 0 Å². The Morgan fingerprint density at radius 2 is 2.00 bits per heavy atom. The zero-order valence-corrected chi connectivity index (χ0v) is 10.7. The zero-order chi connectivity index (χ0) is 10.2. The van der Waals surface area contributed by atoms with Gasteiger partial charge in [-0.25, -0.2) is 8.42 Å². The van der Waals surface area contributed by atoms with Gasteiger partial charge in [0.05, 0.1) is 20.7 Å². The van der Waals surface area contributed by atoms with Crippen LogP contribution < -0.4 is 0 Å². The number of hydrogen-bond donors (Lipinski definition) is 0. The molecule has 0 N–H and O–H groups in total. The third-order valence-electron chi connectivity index (χ3n) is 1.79. The Morgan fingerprint density at radius 3 is 2.31 bits per heavy atom. The van der Waals surface area contributed by atoms with E-state index in [1.807, 2.05) is 0 Å². The molecule has 0 spiro atoms. The summed E-state index contributed by atoms with van der Waals surface area (Å²) in [4.78, 5) is 0. The first-order chi connectivity index (χ1) is 5.90. The number of aromatic nitrogens is 2. The maximum absolute atomic E-state index is 11.5. The maximum atomic E-state index is 11.5. The number of hydrogen-bond acceptors (Lipinski definition) is 3. The molecule has 1 aromatic heterocycles. The van der Waals surface area contributed by atoms with Gasteiger partial charge >= 0.3 is 0 Å². The summed E-state index contributed by atoms with van der Waals surface area (Å²) in [5, 5.41) is 3.97. The lowest BCUT2D eigenvalue weighted by Gasteiger charge is -2.02. The molecule has 0 unspecified atom stereocenters. The summed E-state index contributed by atoms with van der Waals surface area (Å²) in [5.41, 5.74) is 1.45. The van der Waals surface area contributed by atoms with Crippen LogP contribution in [-0.4, -0.2) is 23.4 Å². The third-order valence-corrected chi connectivity index (χ3v) is 4.96. The van der Waals surface area contributed by atoms with Gasteiger partial charge in [-0.15, -0.1) is 0 Å². The molecule has 0 saturated carbocycles. The Labute approximate surface area is 91.5 Å². The lowest BCUT2D eigenvalue weighted by atomic mass is 10.4. The highest BCUT2D eigenvalue weighted by atomic mass is 127. The molecule has 0 saturated heterocycles. The van der Waals surface area contributed by atoms with Gasteiger partial charge in [0.15, 0.2) is 0 Å². The van der Waals surface area contributed by atoms with Crippen molar-refractivity contribution in [1.82, 2.24) is 9.19 Å². The van der Waals surface area contributed by atoms with Gasteiger partial charge in [0, 0.05) is 0 Å². The monoisotopic (exact) mass is 314 g/mol. The molecule has 74 valence electrons. The summed E-state index contributed by atoms with van der Waals surface area (Å²) in [6.45, 7) is 5.17. The van der Waals surface area contributed by atoms with Crippen LogP contribution in [0.1, 0.15) is 18.3 Å². The lowest BCUT2D eigenvalue weighted by molar-refractivity contribution is 0.579. The fraction of sp³-hybridized carbons (Fsp3) is 0.571. The minimum Gasteiger partial charge on any atom is -0.205 e. The summed E-state index contributed by atoms with van der Waals surface area (Å²) in [6, 6.07) is 0. The Hall–Kier alpha value is -0.110. The first kappa shape index (κ1) is 11.0. The highest BCUT2D eigenvalue weighted by Crippen LogP contribution is 2.16. The molecular weight excluding hydrogens is 303 g/mol. The first-order valence-corrected chi connectivity index (χ1v) is 6.54. The number of rotatable bonds is 2. The van der Waals surface area contributed by atoms with Gasteiger partial charge in [0.2, 0.25) is 0 Å². The van der Waals surface area contributed by atoms with Crippen LogP contribution in [0.3, 0.4) is 0 Å². The van der Waals surface area contributed by atoms with Crippen molar-refractivity contribution in [2.45, 2.75) is 20.8 Å². The van der Waals surface area contributed by atoms with Crippen LogP contribution in [0.15, 0.2) is 0 Å². The summed E-state index contributed by atoms with van der Waals surface area (Å²) in [6.07, 6.45) is 0. The molecule has 6 heteroatoms. The minimum absolute atomic E-state index is 0.0744. The van der Waals surface area contributed by atoms with Crippen LogP contribution in [0.5, 0.6) is 0 Å². The molecule has 1 heterocycles. The van der Waals surface area contributed by atoms with Crippen molar-refractivity contribution in [1.29, 1.82) is 0 Å². The summed E-state index contributed by atoms with van der Waals surface area (Å²) in [7, 11) is -3.23. The van der Waals surface area contributed by atoms with Crippen molar-refractivity contribution in [3.63, 3.8) is 0 Å². The molecule has 1 aromatic rings. The molecule has 0 aliphatic heterocycles. The summed E-state index contributed by atoms with van der Waals surface area (Å²) >= 11 is 2.10. The van der Waals surface area contributed by atoms with E-state index in [4.69, 9.17) is 0 Å². The van der Waals surface area contributed by atoms with E-state index in [-0.39, 0.29) is 5.75 Å². The van der Waals surface area contributed by atoms with E-state index >= 15 is 0 Å². The van der Waals surface area contributed by atoms with Crippen LogP contribution in [0, 0.1) is 17.4 Å². The van der Waals surface area contributed by atoms with Crippen molar-refractivity contribution in [3.8, 4) is 0 Å². The molecular formula is C7H11IN2O2S. The van der Waals surface area contributed by atoms with Crippen LogP contribution in [0.2, 0.25) is 0 Å². The van der Waals surface area contributed by atoms with E-state index in [9.17, 15) is 8.42 Å². The van der Waals surface area contributed by atoms with Crippen LogP contribution in [0.4, 0.5) is 0 Å². The molecule has 0 aromatic carbocycles. The van der Waals surface area contributed by atoms with E-state index < -0.39 is 10.0 Å². The predicted octanol–water partition coefficient (Wildman–Crippen LogP) is 1.30. The quantitative estimate of drug-likeness (QED) is 0.773. The molecule has 4 nitrogen and oxygen atoms in total. The highest BCUT2D eigenvalue weighted by Gasteiger charge is 2.17. The Kier molecular flexibility index (Phi) is 3.01. The van der Waals surface area contributed by atoms with E-state index in [0.717, 1.165) is 13.4 Å². The average Bonchev–Trinajstić information content (AvgIpc) is 2.33. The predicted molar refractivity (Wildman–Crippen MR) is 59.3 cm³/mol. The smallest absolute Gasteiger partial charge is 0.205 e. The number of aryl methyl sites for hydroxylation is 1. The molecule has 0 aliphatic carbocycles. The molecule has 0 fully saturated rings. The minimum atomic E-state index is -3.23. The molecule has 0 radical (unpaired) electrons. The maximum Gasteiger partial charge on any atom is 0.253 e. The largest absolute Gasteiger partial charge is 0.253 e. The second kappa shape index (κ2) is 3.56. The zero-order valence-electron chi connectivity index (χ0n) is 7.70. The first-order valence-electron chi connectivity index (χ1n) is 3.85. The van der Waals surface area contributed by atoms with E-state index in [1.54, 1.807) is 20.8 Å². The average molecular weight is 314 g/mol.